The molecule has 2 aromatic carbocycles. The van der Waals surface area contributed by atoms with E-state index in [1.165, 1.54) is 13.2 Å². The van der Waals surface area contributed by atoms with E-state index in [1.54, 1.807) is 12.1 Å². The molecular formula is C21H22N2O5. The van der Waals surface area contributed by atoms with Crippen molar-refractivity contribution in [1.82, 2.24) is 5.32 Å². The Kier molecular flexibility index (Phi) is 7.40. The van der Waals surface area contributed by atoms with Gasteiger partial charge in [0.15, 0.2) is 18.1 Å². The fourth-order valence-electron chi connectivity index (χ4n) is 2.66. The number of carbonyl (C=O) groups is 2. The van der Waals surface area contributed by atoms with Crippen LogP contribution in [0, 0.1) is 24.2 Å². The third kappa shape index (κ3) is 6.02. The average molecular weight is 382 g/mol. The zero-order chi connectivity index (χ0) is 20.5. The van der Waals surface area contributed by atoms with Crippen LogP contribution < -0.4 is 14.8 Å². The lowest BCUT2D eigenvalue weighted by atomic mass is 9.98. The number of amides is 1. The van der Waals surface area contributed by atoms with Gasteiger partial charge in [-0.3, -0.25) is 9.59 Å². The molecule has 0 spiro atoms. The van der Waals surface area contributed by atoms with Crippen LogP contribution in [0.15, 0.2) is 42.5 Å². The van der Waals surface area contributed by atoms with Gasteiger partial charge in [-0.15, -0.1) is 0 Å². The van der Waals surface area contributed by atoms with Crippen molar-refractivity contribution in [2.24, 2.45) is 5.92 Å². The molecule has 2 N–H and O–H groups in total. The van der Waals surface area contributed by atoms with E-state index in [0.717, 1.165) is 11.1 Å². The summed E-state index contributed by atoms with van der Waals surface area (Å²) in [5.41, 5.74) is 2.37. The van der Waals surface area contributed by atoms with E-state index in [9.17, 15) is 14.7 Å². The maximum absolute atomic E-state index is 12.1. The number of nitrogens with one attached hydrogen (secondary N) is 1. The third-order valence-corrected chi connectivity index (χ3v) is 4.11. The molecular weight excluding hydrogens is 360 g/mol. The fourth-order valence-corrected chi connectivity index (χ4v) is 2.66. The minimum atomic E-state index is -0.975. The molecule has 0 aromatic heterocycles. The van der Waals surface area contributed by atoms with Crippen LogP contribution in [0.25, 0.3) is 0 Å². The van der Waals surface area contributed by atoms with Crippen LogP contribution in [0.4, 0.5) is 0 Å². The Hall–Kier alpha value is -3.53. The first-order chi connectivity index (χ1) is 13.4. The van der Waals surface area contributed by atoms with Crippen molar-refractivity contribution in [2.75, 3.05) is 20.3 Å². The smallest absolute Gasteiger partial charge is 0.308 e. The highest BCUT2D eigenvalue weighted by Gasteiger charge is 2.19. The Labute approximate surface area is 163 Å². The standard InChI is InChI=1S/C21H22N2O5/c1-14-4-3-5-15(8-14)9-17(21(25)26)12-23-20(24)13-28-18-7-6-16(11-22)10-19(18)27-2/h3-8,10,17H,9,12-13H2,1-2H3,(H,23,24)(H,25,26). The number of hydrogen-bond donors (Lipinski definition) is 2. The maximum atomic E-state index is 12.1. The van der Waals surface area contributed by atoms with Crippen LogP contribution in [0.2, 0.25) is 0 Å². The van der Waals surface area contributed by atoms with Crippen molar-refractivity contribution < 1.29 is 24.2 Å². The van der Waals surface area contributed by atoms with E-state index < -0.39 is 17.8 Å². The van der Waals surface area contributed by atoms with Crippen molar-refractivity contribution in [3.8, 4) is 17.6 Å². The Morgan fingerprint density at radius 2 is 2.00 bits per heavy atom. The number of methoxy groups -OCH3 is 1. The van der Waals surface area contributed by atoms with E-state index >= 15 is 0 Å². The third-order valence-electron chi connectivity index (χ3n) is 4.11. The van der Waals surface area contributed by atoms with Crippen LogP contribution in [-0.2, 0) is 16.0 Å². The number of carbonyl (C=O) groups excluding carboxylic acids is 1. The second-order valence-electron chi connectivity index (χ2n) is 6.30. The summed E-state index contributed by atoms with van der Waals surface area (Å²) >= 11 is 0. The Bertz CT molecular complexity index is 889. The summed E-state index contributed by atoms with van der Waals surface area (Å²) in [6, 6.07) is 14.2. The van der Waals surface area contributed by atoms with Crippen molar-refractivity contribution in [3.63, 3.8) is 0 Å². The first kappa shape index (κ1) is 20.8. The summed E-state index contributed by atoms with van der Waals surface area (Å²) in [5, 5.41) is 20.9. The van der Waals surface area contributed by atoms with Gasteiger partial charge in [0.05, 0.1) is 24.7 Å². The first-order valence-corrected chi connectivity index (χ1v) is 8.69. The van der Waals surface area contributed by atoms with E-state index in [-0.39, 0.29) is 13.2 Å². The molecule has 0 heterocycles. The van der Waals surface area contributed by atoms with E-state index in [1.807, 2.05) is 37.3 Å². The van der Waals surface area contributed by atoms with Crippen LogP contribution in [-0.4, -0.2) is 37.2 Å². The Balaban J connectivity index is 1.89. The highest BCUT2D eigenvalue weighted by atomic mass is 16.5. The van der Waals surface area contributed by atoms with E-state index in [4.69, 9.17) is 14.7 Å². The molecule has 7 heteroatoms. The number of hydrogen-bond acceptors (Lipinski definition) is 5. The topological polar surface area (TPSA) is 109 Å². The predicted octanol–water partition coefficient (Wildman–Crippen LogP) is 2.31. The highest BCUT2D eigenvalue weighted by Crippen LogP contribution is 2.27. The van der Waals surface area contributed by atoms with Gasteiger partial charge in [-0.1, -0.05) is 29.8 Å². The number of rotatable bonds is 9. The molecule has 0 aliphatic heterocycles. The number of nitrogens with zero attached hydrogens (tertiary/aromatic N) is 1. The van der Waals surface area contributed by atoms with Gasteiger partial charge in [0, 0.05) is 12.6 Å². The zero-order valence-corrected chi connectivity index (χ0v) is 15.8. The van der Waals surface area contributed by atoms with Gasteiger partial charge in [0.25, 0.3) is 5.91 Å². The summed E-state index contributed by atoms with van der Waals surface area (Å²) < 4.78 is 10.6. The summed E-state index contributed by atoms with van der Waals surface area (Å²) in [6.45, 7) is 1.64. The van der Waals surface area contributed by atoms with Crippen LogP contribution in [0.5, 0.6) is 11.5 Å². The Morgan fingerprint density at radius 1 is 1.21 bits per heavy atom. The second kappa shape index (κ2) is 9.97. The second-order valence-corrected chi connectivity index (χ2v) is 6.30. The monoisotopic (exact) mass is 382 g/mol. The quantitative estimate of drug-likeness (QED) is 0.689. The summed E-state index contributed by atoms with van der Waals surface area (Å²) in [4.78, 5) is 23.5. The molecule has 0 aliphatic rings. The molecule has 0 radical (unpaired) electrons. The fraction of sp³-hybridized carbons (Fsp3) is 0.286. The number of benzene rings is 2. The van der Waals surface area contributed by atoms with Gasteiger partial charge in [-0.25, -0.2) is 0 Å². The van der Waals surface area contributed by atoms with Gasteiger partial charge in [-0.05, 0) is 31.0 Å². The van der Waals surface area contributed by atoms with Crippen molar-refractivity contribution >= 4 is 11.9 Å². The van der Waals surface area contributed by atoms with Crippen molar-refractivity contribution in [2.45, 2.75) is 13.3 Å². The average Bonchev–Trinajstić information content (AvgIpc) is 2.69. The lowest BCUT2D eigenvalue weighted by Crippen LogP contribution is -2.36. The normalized spacial score (nSPS) is 11.2. The SMILES string of the molecule is COc1cc(C#N)ccc1OCC(=O)NCC(Cc1cccc(C)c1)C(=O)O. The highest BCUT2D eigenvalue weighted by molar-refractivity contribution is 5.78. The Morgan fingerprint density at radius 3 is 2.64 bits per heavy atom. The molecule has 0 bridgehead atoms. The minimum absolute atomic E-state index is 0.00399. The number of ether oxygens (including phenoxy) is 2. The minimum Gasteiger partial charge on any atom is -0.493 e. The molecule has 0 saturated carbocycles. The largest absolute Gasteiger partial charge is 0.493 e. The van der Waals surface area contributed by atoms with Crippen LogP contribution >= 0.6 is 0 Å². The van der Waals surface area contributed by atoms with E-state index in [0.29, 0.717) is 23.5 Å². The van der Waals surface area contributed by atoms with Gasteiger partial charge < -0.3 is 19.9 Å². The molecule has 0 fully saturated rings. The molecule has 1 amide bonds. The molecule has 0 saturated heterocycles. The molecule has 7 nitrogen and oxygen atoms in total. The molecule has 0 aliphatic carbocycles. The molecule has 2 aromatic rings. The molecule has 1 atom stereocenters. The van der Waals surface area contributed by atoms with Crippen molar-refractivity contribution in [1.29, 1.82) is 5.26 Å². The van der Waals surface area contributed by atoms with Gasteiger partial charge in [0.2, 0.25) is 0 Å². The van der Waals surface area contributed by atoms with Crippen LogP contribution in [0.1, 0.15) is 16.7 Å². The molecule has 28 heavy (non-hydrogen) atoms. The lowest BCUT2D eigenvalue weighted by Gasteiger charge is -2.15. The van der Waals surface area contributed by atoms with Crippen molar-refractivity contribution in [3.05, 3.63) is 59.2 Å². The van der Waals surface area contributed by atoms with Gasteiger partial charge >= 0.3 is 5.97 Å². The first-order valence-electron chi connectivity index (χ1n) is 8.69. The lowest BCUT2D eigenvalue weighted by molar-refractivity contribution is -0.141. The maximum Gasteiger partial charge on any atom is 0.308 e. The molecule has 2 rings (SSSR count). The number of aryl methyl sites for hydroxylation is 1. The summed E-state index contributed by atoms with van der Waals surface area (Å²) in [6.07, 6.45) is 0.321. The molecule has 146 valence electrons. The number of nitriles is 1. The summed E-state index contributed by atoms with van der Waals surface area (Å²) in [5.74, 6) is -1.49. The van der Waals surface area contributed by atoms with Gasteiger partial charge in [0.1, 0.15) is 0 Å². The van der Waals surface area contributed by atoms with Gasteiger partial charge in [-0.2, -0.15) is 5.26 Å². The summed E-state index contributed by atoms with van der Waals surface area (Å²) in [7, 11) is 1.44. The molecule has 1 unspecified atom stereocenters. The predicted molar refractivity (Wildman–Crippen MR) is 102 cm³/mol. The number of carboxylic acids is 1. The van der Waals surface area contributed by atoms with E-state index in [2.05, 4.69) is 5.32 Å². The number of aliphatic carboxylic acids is 1. The van der Waals surface area contributed by atoms with Crippen LogP contribution in [0.3, 0.4) is 0 Å². The number of carboxylic acid groups (broad SMARTS) is 1. The zero-order valence-electron chi connectivity index (χ0n) is 15.8.